The first-order valence-corrected chi connectivity index (χ1v) is 8.98. The molecule has 1 aromatic heterocycles. The molecule has 0 unspecified atom stereocenters. The van der Waals surface area contributed by atoms with Crippen LogP contribution < -0.4 is 10.6 Å². The van der Waals surface area contributed by atoms with E-state index >= 15 is 0 Å². The molecule has 146 valence electrons. The molecule has 0 aliphatic carbocycles. The molecule has 1 aliphatic heterocycles. The molecule has 2 amide bonds. The van der Waals surface area contributed by atoms with Crippen LogP contribution in [0.25, 0.3) is 0 Å². The zero-order valence-corrected chi connectivity index (χ0v) is 15.2. The average Bonchev–Trinajstić information content (AvgIpc) is 2.74. The van der Waals surface area contributed by atoms with Crippen LogP contribution in [-0.2, 0) is 16.1 Å². The maximum atomic E-state index is 12.3. The molecule has 0 saturated heterocycles. The number of ether oxygens (including phenoxy) is 1. The fourth-order valence-electron chi connectivity index (χ4n) is 2.83. The first kappa shape index (κ1) is 19.7. The second-order valence-electron chi connectivity index (χ2n) is 6.33. The van der Waals surface area contributed by atoms with Crippen LogP contribution in [0.4, 0.5) is 0 Å². The van der Waals surface area contributed by atoms with Crippen LogP contribution >= 0.6 is 0 Å². The summed E-state index contributed by atoms with van der Waals surface area (Å²) in [7, 11) is 0. The molecule has 2 heterocycles. The third-order valence-corrected chi connectivity index (χ3v) is 4.29. The molecule has 0 spiro atoms. The third kappa shape index (κ3) is 5.45. The van der Waals surface area contributed by atoms with Crippen LogP contribution in [0.1, 0.15) is 22.5 Å². The molecule has 2 aromatic rings. The van der Waals surface area contributed by atoms with E-state index in [0.29, 0.717) is 17.8 Å². The van der Waals surface area contributed by atoms with Crippen LogP contribution in [0.5, 0.6) is 0 Å². The van der Waals surface area contributed by atoms with Gasteiger partial charge in [0.05, 0.1) is 37.4 Å². The standard InChI is InChI=1S/C20H22N4O4/c25-12-18-17(24-20(27)14-4-2-1-3-5-14)7-6-16(28-18)10-19(26)22-11-15-8-9-21-13-23-15/h1-9,13,16-18,25H,10-12H2,(H,22,26)(H,24,27)/t16-,17-,18+/m1/s1. The quantitative estimate of drug-likeness (QED) is 0.605. The van der Waals surface area contributed by atoms with Crippen molar-refractivity contribution >= 4 is 11.8 Å². The van der Waals surface area contributed by atoms with Crippen molar-refractivity contribution < 1.29 is 19.4 Å². The number of carbonyl (C=O) groups excluding carboxylic acids is 2. The lowest BCUT2D eigenvalue weighted by Gasteiger charge is -2.31. The fraction of sp³-hybridized carbons (Fsp3) is 0.300. The number of nitrogens with one attached hydrogen (secondary N) is 2. The van der Waals surface area contributed by atoms with Crippen molar-refractivity contribution in [3.63, 3.8) is 0 Å². The molecule has 3 atom stereocenters. The number of aromatic nitrogens is 2. The van der Waals surface area contributed by atoms with Crippen LogP contribution in [0.3, 0.4) is 0 Å². The van der Waals surface area contributed by atoms with Gasteiger partial charge in [-0.3, -0.25) is 9.59 Å². The lowest BCUT2D eigenvalue weighted by molar-refractivity contribution is -0.125. The number of nitrogens with zero attached hydrogens (tertiary/aromatic N) is 2. The minimum atomic E-state index is -0.627. The molecule has 0 radical (unpaired) electrons. The van der Waals surface area contributed by atoms with Gasteiger partial charge in [0.1, 0.15) is 12.4 Å². The van der Waals surface area contributed by atoms with Gasteiger partial charge in [-0.15, -0.1) is 0 Å². The summed E-state index contributed by atoms with van der Waals surface area (Å²) in [6.45, 7) is 0.0279. The number of carbonyl (C=O) groups is 2. The molecular formula is C20H22N4O4. The summed E-state index contributed by atoms with van der Waals surface area (Å²) in [4.78, 5) is 32.3. The van der Waals surface area contributed by atoms with Crippen LogP contribution in [-0.4, -0.2) is 51.7 Å². The topological polar surface area (TPSA) is 113 Å². The van der Waals surface area contributed by atoms with E-state index in [-0.39, 0.29) is 24.8 Å². The van der Waals surface area contributed by atoms with Crippen LogP contribution in [0, 0.1) is 0 Å². The van der Waals surface area contributed by atoms with E-state index in [1.807, 2.05) is 6.07 Å². The number of aliphatic hydroxyl groups is 1. The Morgan fingerprint density at radius 3 is 2.68 bits per heavy atom. The van der Waals surface area contributed by atoms with Gasteiger partial charge >= 0.3 is 0 Å². The number of benzene rings is 1. The molecule has 1 aromatic carbocycles. The Labute approximate surface area is 162 Å². The highest BCUT2D eigenvalue weighted by atomic mass is 16.5. The molecular weight excluding hydrogens is 360 g/mol. The molecule has 1 aliphatic rings. The maximum absolute atomic E-state index is 12.3. The average molecular weight is 382 g/mol. The highest BCUT2D eigenvalue weighted by Gasteiger charge is 2.29. The van der Waals surface area contributed by atoms with Crippen LogP contribution in [0.2, 0.25) is 0 Å². The Balaban J connectivity index is 1.52. The summed E-state index contributed by atoms with van der Waals surface area (Å²) in [5.74, 6) is -0.449. The zero-order valence-electron chi connectivity index (χ0n) is 15.2. The molecule has 0 bridgehead atoms. The van der Waals surface area contributed by atoms with Crippen molar-refractivity contribution in [1.29, 1.82) is 0 Å². The monoisotopic (exact) mass is 382 g/mol. The molecule has 3 rings (SSSR count). The second-order valence-corrected chi connectivity index (χ2v) is 6.33. The SMILES string of the molecule is O=C(C[C@H]1C=C[C@@H](NC(=O)c2ccccc2)[C@H](CO)O1)NCc1ccncn1. The summed E-state index contributed by atoms with van der Waals surface area (Å²) in [5, 5.41) is 15.2. The molecule has 3 N–H and O–H groups in total. The van der Waals surface area contributed by atoms with Crippen LogP contribution in [0.15, 0.2) is 61.1 Å². The van der Waals surface area contributed by atoms with E-state index < -0.39 is 18.2 Å². The van der Waals surface area contributed by atoms with Gasteiger partial charge in [-0.1, -0.05) is 30.4 Å². The van der Waals surface area contributed by atoms with Gasteiger partial charge in [0.2, 0.25) is 5.91 Å². The minimum absolute atomic E-state index is 0.109. The minimum Gasteiger partial charge on any atom is -0.394 e. The molecule has 8 heteroatoms. The van der Waals surface area contributed by atoms with E-state index in [1.54, 1.807) is 48.7 Å². The van der Waals surface area contributed by atoms with Crippen molar-refractivity contribution in [2.24, 2.45) is 0 Å². The Morgan fingerprint density at radius 2 is 1.96 bits per heavy atom. The van der Waals surface area contributed by atoms with Crippen molar-refractivity contribution in [1.82, 2.24) is 20.6 Å². The van der Waals surface area contributed by atoms with E-state index in [9.17, 15) is 14.7 Å². The highest BCUT2D eigenvalue weighted by Crippen LogP contribution is 2.16. The molecule has 8 nitrogen and oxygen atoms in total. The normalized spacial score (nSPS) is 21.1. The molecule has 0 fully saturated rings. The predicted octanol–water partition coefficient (Wildman–Crippen LogP) is 0.597. The second kappa shape index (κ2) is 9.72. The Morgan fingerprint density at radius 1 is 1.14 bits per heavy atom. The van der Waals surface area contributed by atoms with E-state index in [2.05, 4.69) is 20.6 Å². The number of aliphatic hydroxyl groups excluding tert-OH is 1. The van der Waals surface area contributed by atoms with Crippen molar-refractivity contribution in [3.05, 3.63) is 72.3 Å². The largest absolute Gasteiger partial charge is 0.394 e. The van der Waals surface area contributed by atoms with Gasteiger partial charge in [-0.2, -0.15) is 0 Å². The molecule has 28 heavy (non-hydrogen) atoms. The number of hydrogen-bond acceptors (Lipinski definition) is 6. The van der Waals surface area contributed by atoms with E-state index in [1.165, 1.54) is 6.33 Å². The summed E-state index contributed by atoms with van der Waals surface area (Å²) in [6.07, 6.45) is 5.52. The van der Waals surface area contributed by atoms with E-state index in [0.717, 1.165) is 0 Å². The van der Waals surface area contributed by atoms with Gasteiger partial charge < -0.3 is 20.5 Å². The fourth-order valence-corrected chi connectivity index (χ4v) is 2.83. The first-order valence-electron chi connectivity index (χ1n) is 8.98. The maximum Gasteiger partial charge on any atom is 0.251 e. The highest BCUT2D eigenvalue weighted by molar-refractivity contribution is 5.94. The number of amides is 2. The predicted molar refractivity (Wildman–Crippen MR) is 101 cm³/mol. The molecule has 0 saturated carbocycles. The van der Waals surface area contributed by atoms with Gasteiger partial charge in [0.15, 0.2) is 0 Å². The third-order valence-electron chi connectivity index (χ3n) is 4.29. The first-order chi connectivity index (χ1) is 13.7. The Bertz CT molecular complexity index is 813. The summed E-state index contributed by atoms with van der Waals surface area (Å²) in [6, 6.07) is 10.1. The zero-order chi connectivity index (χ0) is 19.8. The lowest BCUT2D eigenvalue weighted by atomic mass is 10.0. The van der Waals surface area contributed by atoms with Gasteiger partial charge in [-0.05, 0) is 18.2 Å². The van der Waals surface area contributed by atoms with Crippen molar-refractivity contribution in [2.75, 3.05) is 6.61 Å². The number of hydrogen-bond donors (Lipinski definition) is 3. The van der Waals surface area contributed by atoms with Gasteiger partial charge in [0, 0.05) is 11.8 Å². The smallest absolute Gasteiger partial charge is 0.251 e. The summed E-state index contributed by atoms with van der Waals surface area (Å²) < 4.78 is 5.77. The number of rotatable bonds is 7. The van der Waals surface area contributed by atoms with Gasteiger partial charge in [-0.25, -0.2) is 9.97 Å². The summed E-state index contributed by atoms with van der Waals surface area (Å²) >= 11 is 0. The summed E-state index contributed by atoms with van der Waals surface area (Å²) in [5.41, 5.74) is 1.24. The van der Waals surface area contributed by atoms with E-state index in [4.69, 9.17) is 4.74 Å². The Hall–Kier alpha value is -3.10. The van der Waals surface area contributed by atoms with Crippen molar-refractivity contribution in [2.45, 2.75) is 31.2 Å². The van der Waals surface area contributed by atoms with Crippen molar-refractivity contribution in [3.8, 4) is 0 Å². The lowest BCUT2D eigenvalue weighted by Crippen LogP contribution is -2.49. The Kier molecular flexibility index (Phi) is 6.83. The van der Waals surface area contributed by atoms with Gasteiger partial charge in [0.25, 0.3) is 5.91 Å².